The molecule has 6 heteroatoms. The highest BCUT2D eigenvalue weighted by Gasteiger charge is 2.17. The molecule has 1 atom stereocenters. The van der Waals surface area contributed by atoms with Gasteiger partial charge in [-0.05, 0) is 24.6 Å². The molecule has 1 unspecified atom stereocenters. The summed E-state index contributed by atoms with van der Waals surface area (Å²) in [4.78, 5) is 4.16. The van der Waals surface area contributed by atoms with Gasteiger partial charge in [-0.1, -0.05) is 42.1 Å². The van der Waals surface area contributed by atoms with Gasteiger partial charge in [0.2, 0.25) is 0 Å². The van der Waals surface area contributed by atoms with Crippen LogP contribution in [0.4, 0.5) is 0 Å². The first kappa shape index (κ1) is 15.3. The van der Waals surface area contributed by atoms with E-state index in [9.17, 15) is 0 Å². The molecule has 2 heterocycles. The molecule has 2 aromatic heterocycles. The Kier molecular flexibility index (Phi) is 4.69. The minimum atomic E-state index is -0.185. The van der Waals surface area contributed by atoms with Crippen molar-refractivity contribution in [2.24, 2.45) is 0 Å². The SMILES string of the molecule is CC(C#N)Sc1nnc(-c2cccnc2)n1Cc1ccccc1. The lowest BCUT2D eigenvalue weighted by Gasteiger charge is -2.10. The molecular formula is C17H15N5S. The molecule has 0 radical (unpaired) electrons. The summed E-state index contributed by atoms with van der Waals surface area (Å²) in [5.41, 5.74) is 2.07. The van der Waals surface area contributed by atoms with E-state index in [1.165, 1.54) is 11.8 Å². The van der Waals surface area contributed by atoms with E-state index < -0.39 is 0 Å². The highest BCUT2D eigenvalue weighted by Crippen LogP contribution is 2.27. The third-order valence-corrected chi connectivity index (χ3v) is 4.26. The van der Waals surface area contributed by atoms with Crippen LogP contribution in [0, 0.1) is 11.3 Å². The quantitative estimate of drug-likeness (QED) is 0.674. The third-order valence-electron chi connectivity index (χ3n) is 3.28. The van der Waals surface area contributed by atoms with Gasteiger partial charge in [0.1, 0.15) is 0 Å². The fourth-order valence-electron chi connectivity index (χ4n) is 2.18. The minimum absolute atomic E-state index is 0.185. The van der Waals surface area contributed by atoms with Crippen molar-refractivity contribution in [1.29, 1.82) is 5.26 Å². The van der Waals surface area contributed by atoms with Crippen molar-refractivity contribution in [2.45, 2.75) is 23.9 Å². The number of hydrogen-bond donors (Lipinski definition) is 0. The lowest BCUT2D eigenvalue weighted by Crippen LogP contribution is -2.05. The normalized spacial score (nSPS) is 11.8. The fourth-order valence-corrected chi connectivity index (χ4v) is 2.91. The number of nitrogens with zero attached hydrogens (tertiary/aromatic N) is 5. The summed E-state index contributed by atoms with van der Waals surface area (Å²) in [6.45, 7) is 2.51. The Morgan fingerprint density at radius 1 is 1.17 bits per heavy atom. The van der Waals surface area contributed by atoms with Gasteiger partial charge in [0.05, 0.1) is 17.9 Å². The van der Waals surface area contributed by atoms with Crippen LogP contribution in [0.25, 0.3) is 11.4 Å². The molecule has 3 aromatic rings. The Morgan fingerprint density at radius 3 is 2.70 bits per heavy atom. The average Bonchev–Trinajstić information content (AvgIpc) is 2.99. The predicted octanol–water partition coefficient (Wildman–Crippen LogP) is 3.39. The molecular weight excluding hydrogens is 306 g/mol. The van der Waals surface area contributed by atoms with Gasteiger partial charge < -0.3 is 0 Å². The molecule has 3 rings (SSSR count). The van der Waals surface area contributed by atoms with Gasteiger partial charge in [0.25, 0.3) is 0 Å². The highest BCUT2D eigenvalue weighted by atomic mass is 32.2. The van der Waals surface area contributed by atoms with E-state index in [-0.39, 0.29) is 5.25 Å². The standard InChI is InChI=1S/C17H15N5S/c1-13(10-18)23-17-21-20-16(15-8-5-9-19-11-15)22(17)12-14-6-3-2-4-7-14/h2-9,11,13H,12H2,1H3. The molecule has 5 nitrogen and oxygen atoms in total. The van der Waals surface area contributed by atoms with Crippen molar-refractivity contribution in [1.82, 2.24) is 19.7 Å². The number of pyridine rings is 1. The first-order valence-corrected chi connectivity index (χ1v) is 8.09. The first-order chi connectivity index (χ1) is 11.3. The summed E-state index contributed by atoms with van der Waals surface area (Å²) in [5, 5.41) is 18.2. The van der Waals surface area contributed by atoms with Crippen LogP contribution in [0.15, 0.2) is 60.0 Å². The minimum Gasteiger partial charge on any atom is -0.297 e. The largest absolute Gasteiger partial charge is 0.297 e. The molecule has 114 valence electrons. The average molecular weight is 321 g/mol. The van der Waals surface area contributed by atoms with Crippen LogP contribution in [-0.2, 0) is 6.54 Å². The number of aromatic nitrogens is 4. The highest BCUT2D eigenvalue weighted by molar-refractivity contribution is 8.00. The summed E-state index contributed by atoms with van der Waals surface area (Å²) in [7, 11) is 0. The van der Waals surface area contributed by atoms with Crippen LogP contribution < -0.4 is 0 Å². The predicted molar refractivity (Wildman–Crippen MR) is 89.7 cm³/mol. The van der Waals surface area contributed by atoms with Gasteiger partial charge >= 0.3 is 0 Å². The Labute approximate surface area is 139 Å². The van der Waals surface area contributed by atoms with Crippen LogP contribution in [0.2, 0.25) is 0 Å². The zero-order chi connectivity index (χ0) is 16.1. The summed E-state index contributed by atoms with van der Waals surface area (Å²) < 4.78 is 2.03. The van der Waals surface area contributed by atoms with Gasteiger partial charge in [0.15, 0.2) is 11.0 Å². The van der Waals surface area contributed by atoms with Crippen molar-refractivity contribution in [3.8, 4) is 17.5 Å². The van der Waals surface area contributed by atoms with Crippen molar-refractivity contribution >= 4 is 11.8 Å². The van der Waals surface area contributed by atoms with E-state index in [0.29, 0.717) is 6.54 Å². The van der Waals surface area contributed by atoms with Crippen LogP contribution in [0.1, 0.15) is 12.5 Å². The molecule has 0 saturated heterocycles. The molecule has 0 amide bonds. The molecule has 0 aliphatic heterocycles. The lowest BCUT2D eigenvalue weighted by molar-refractivity contribution is 0.714. The number of hydrogen-bond acceptors (Lipinski definition) is 5. The molecule has 0 saturated carbocycles. The fraction of sp³-hybridized carbons (Fsp3) is 0.176. The smallest absolute Gasteiger partial charge is 0.193 e. The number of benzene rings is 1. The van der Waals surface area contributed by atoms with Gasteiger partial charge in [-0.2, -0.15) is 5.26 Å². The second kappa shape index (κ2) is 7.07. The van der Waals surface area contributed by atoms with Crippen molar-refractivity contribution in [3.63, 3.8) is 0 Å². The Balaban J connectivity index is 2.01. The second-order valence-electron chi connectivity index (χ2n) is 5.01. The first-order valence-electron chi connectivity index (χ1n) is 7.21. The summed E-state index contributed by atoms with van der Waals surface area (Å²) >= 11 is 1.41. The molecule has 1 aromatic carbocycles. The Bertz CT molecular complexity index is 808. The maximum Gasteiger partial charge on any atom is 0.193 e. The molecule has 0 aliphatic rings. The van der Waals surface area contributed by atoms with E-state index in [4.69, 9.17) is 5.26 Å². The van der Waals surface area contributed by atoms with E-state index >= 15 is 0 Å². The summed E-state index contributed by atoms with van der Waals surface area (Å²) in [6.07, 6.45) is 3.50. The Morgan fingerprint density at radius 2 is 2.00 bits per heavy atom. The summed E-state index contributed by atoms with van der Waals surface area (Å²) in [6, 6.07) is 16.2. The van der Waals surface area contributed by atoms with Crippen molar-refractivity contribution in [3.05, 3.63) is 60.4 Å². The van der Waals surface area contributed by atoms with Crippen LogP contribution in [-0.4, -0.2) is 25.0 Å². The number of thioether (sulfide) groups is 1. The van der Waals surface area contributed by atoms with E-state index in [1.54, 1.807) is 12.4 Å². The van der Waals surface area contributed by atoms with E-state index in [2.05, 4.69) is 33.4 Å². The molecule has 0 spiro atoms. The van der Waals surface area contributed by atoms with Crippen molar-refractivity contribution < 1.29 is 0 Å². The van der Waals surface area contributed by atoms with Gasteiger partial charge in [-0.25, -0.2) is 0 Å². The Hall–Kier alpha value is -2.65. The molecule has 0 aliphatic carbocycles. The van der Waals surface area contributed by atoms with Gasteiger partial charge in [-0.3, -0.25) is 9.55 Å². The monoisotopic (exact) mass is 321 g/mol. The molecule has 0 N–H and O–H groups in total. The third kappa shape index (κ3) is 3.58. The summed E-state index contributed by atoms with van der Waals surface area (Å²) in [5.74, 6) is 0.759. The number of rotatable bonds is 5. The van der Waals surface area contributed by atoms with E-state index in [0.717, 1.165) is 22.1 Å². The molecule has 0 fully saturated rings. The van der Waals surface area contributed by atoms with Gasteiger partial charge in [-0.15, -0.1) is 10.2 Å². The van der Waals surface area contributed by atoms with Crippen molar-refractivity contribution in [2.75, 3.05) is 0 Å². The zero-order valence-electron chi connectivity index (χ0n) is 12.6. The van der Waals surface area contributed by atoms with Gasteiger partial charge in [0, 0.05) is 18.0 Å². The lowest BCUT2D eigenvalue weighted by atomic mass is 10.2. The number of nitriles is 1. The molecule has 23 heavy (non-hydrogen) atoms. The maximum absolute atomic E-state index is 9.06. The maximum atomic E-state index is 9.06. The van der Waals surface area contributed by atoms with E-state index in [1.807, 2.05) is 41.8 Å². The zero-order valence-corrected chi connectivity index (χ0v) is 13.4. The second-order valence-corrected chi connectivity index (χ2v) is 6.32. The topological polar surface area (TPSA) is 67.4 Å². The van der Waals surface area contributed by atoms with Crippen LogP contribution in [0.5, 0.6) is 0 Å². The van der Waals surface area contributed by atoms with Crippen LogP contribution >= 0.6 is 11.8 Å². The molecule has 0 bridgehead atoms. The van der Waals surface area contributed by atoms with Crippen LogP contribution in [0.3, 0.4) is 0 Å².